The first-order valence-electron chi connectivity index (χ1n) is 14.7. The zero-order chi connectivity index (χ0) is 29.5. The van der Waals surface area contributed by atoms with Crippen molar-refractivity contribution in [3.05, 3.63) is 81.8 Å². The standard InChI is InChI=1S/C32H36F3N3O3S/c33-32(34,35)23-15-17-25(18-16-23)41-21-8-3-1-2-7-14-29(39)37-20-19-28-27(22-37)30(40)38(24-10-5-4-6-11-24)31(36-28)42-26-12-9-13-26/h4-6,10-11,15-18,26H,1-3,7-9,12-14,19-22H2. The molecule has 0 atom stereocenters. The van der Waals surface area contributed by atoms with E-state index in [0.29, 0.717) is 49.1 Å². The van der Waals surface area contributed by atoms with Crippen molar-refractivity contribution in [2.45, 2.75) is 87.3 Å². The Balaban J connectivity index is 1.07. The second-order valence-electron chi connectivity index (χ2n) is 10.9. The highest BCUT2D eigenvalue weighted by Crippen LogP contribution is 2.36. The van der Waals surface area contributed by atoms with Crippen molar-refractivity contribution in [1.82, 2.24) is 14.5 Å². The van der Waals surface area contributed by atoms with Crippen LogP contribution in [0.15, 0.2) is 64.5 Å². The molecular formula is C32H36F3N3O3S. The van der Waals surface area contributed by atoms with Crippen molar-refractivity contribution in [2.75, 3.05) is 13.2 Å². The minimum absolute atomic E-state index is 0.0601. The number of thioether (sulfide) groups is 1. The zero-order valence-corrected chi connectivity index (χ0v) is 24.4. The second kappa shape index (κ2) is 13.8. The summed E-state index contributed by atoms with van der Waals surface area (Å²) in [5.41, 5.74) is 1.46. The summed E-state index contributed by atoms with van der Waals surface area (Å²) in [7, 11) is 0. The van der Waals surface area contributed by atoms with Gasteiger partial charge in [-0.15, -0.1) is 0 Å². The van der Waals surface area contributed by atoms with Gasteiger partial charge in [-0.05, 0) is 62.1 Å². The molecule has 1 amide bonds. The number of unbranched alkanes of at least 4 members (excludes halogenated alkanes) is 4. The molecule has 5 rings (SSSR count). The monoisotopic (exact) mass is 599 g/mol. The highest BCUT2D eigenvalue weighted by molar-refractivity contribution is 7.99. The number of hydrogen-bond donors (Lipinski definition) is 0. The number of aromatic nitrogens is 2. The third-order valence-corrected chi connectivity index (χ3v) is 9.17. The van der Waals surface area contributed by atoms with Crippen LogP contribution in [-0.2, 0) is 23.9 Å². The van der Waals surface area contributed by atoms with Gasteiger partial charge in [0.2, 0.25) is 5.91 Å². The Hall–Kier alpha value is -3.27. The summed E-state index contributed by atoms with van der Waals surface area (Å²) in [6.45, 7) is 1.30. The number of rotatable bonds is 12. The number of halogens is 3. The number of para-hydroxylation sites is 1. The normalized spacial score (nSPS) is 15.3. The molecule has 10 heteroatoms. The predicted molar refractivity (Wildman–Crippen MR) is 157 cm³/mol. The number of ether oxygens (including phenoxy) is 1. The molecule has 42 heavy (non-hydrogen) atoms. The highest BCUT2D eigenvalue weighted by Gasteiger charge is 2.30. The molecule has 1 saturated carbocycles. The van der Waals surface area contributed by atoms with E-state index >= 15 is 0 Å². The Bertz CT molecular complexity index is 1410. The topological polar surface area (TPSA) is 64.4 Å². The first-order valence-corrected chi connectivity index (χ1v) is 15.6. The number of benzene rings is 2. The van der Waals surface area contributed by atoms with Gasteiger partial charge in [0.05, 0.1) is 35.7 Å². The molecule has 0 spiro atoms. The fourth-order valence-electron chi connectivity index (χ4n) is 5.19. The van der Waals surface area contributed by atoms with Crippen molar-refractivity contribution >= 4 is 17.7 Å². The molecule has 1 fully saturated rings. The molecule has 2 aromatic carbocycles. The Kier molecular flexibility index (Phi) is 9.92. The summed E-state index contributed by atoms with van der Waals surface area (Å²) >= 11 is 1.69. The zero-order valence-electron chi connectivity index (χ0n) is 23.6. The van der Waals surface area contributed by atoms with Crippen molar-refractivity contribution in [3.63, 3.8) is 0 Å². The van der Waals surface area contributed by atoms with Gasteiger partial charge in [-0.3, -0.25) is 14.2 Å². The van der Waals surface area contributed by atoms with Crippen LogP contribution in [0.5, 0.6) is 5.75 Å². The van der Waals surface area contributed by atoms with Gasteiger partial charge in [0, 0.05) is 24.6 Å². The van der Waals surface area contributed by atoms with E-state index < -0.39 is 11.7 Å². The van der Waals surface area contributed by atoms with Gasteiger partial charge in [-0.1, -0.05) is 55.6 Å². The van der Waals surface area contributed by atoms with Gasteiger partial charge in [0.1, 0.15) is 5.75 Å². The van der Waals surface area contributed by atoms with E-state index in [-0.39, 0.29) is 11.5 Å². The summed E-state index contributed by atoms with van der Waals surface area (Å²) in [6.07, 6.45) is 4.50. The van der Waals surface area contributed by atoms with Crippen LogP contribution in [0.4, 0.5) is 13.2 Å². The van der Waals surface area contributed by atoms with Crippen molar-refractivity contribution < 1.29 is 22.7 Å². The van der Waals surface area contributed by atoms with E-state index in [4.69, 9.17) is 9.72 Å². The van der Waals surface area contributed by atoms with E-state index in [0.717, 1.165) is 73.6 Å². The summed E-state index contributed by atoms with van der Waals surface area (Å²) in [6, 6.07) is 14.3. The van der Waals surface area contributed by atoms with Crippen LogP contribution >= 0.6 is 11.8 Å². The van der Waals surface area contributed by atoms with Gasteiger partial charge in [-0.2, -0.15) is 13.2 Å². The lowest BCUT2D eigenvalue weighted by atomic mass is 10.0. The molecule has 1 aliphatic heterocycles. The van der Waals surface area contributed by atoms with Gasteiger partial charge in [0.15, 0.2) is 5.16 Å². The number of carbonyl (C=O) groups is 1. The molecule has 0 radical (unpaired) electrons. The average molecular weight is 600 g/mol. The van der Waals surface area contributed by atoms with E-state index in [1.165, 1.54) is 18.6 Å². The summed E-state index contributed by atoms with van der Waals surface area (Å²) in [5, 5.41) is 1.25. The number of nitrogens with zero attached hydrogens (tertiary/aromatic N) is 3. The van der Waals surface area contributed by atoms with Crippen molar-refractivity contribution in [1.29, 1.82) is 0 Å². The van der Waals surface area contributed by atoms with E-state index in [2.05, 4.69) is 0 Å². The summed E-state index contributed by atoms with van der Waals surface area (Å²) in [4.78, 5) is 33.5. The Morgan fingerprint density at radius 2 is 1.69 bits per heavy atom. The number of alkyl halides is 3. The SMILES string of the molecule is O=C(CCCCCCCOc1ccc(C(F)(F)F)cc1)N1CCc2nc(SC3CCC3)n(-c3ccccc3)c(=O)c2C1. The van der Waals surface area contributed by atoms with Crippen LogP contribution in [-0.4, -0.2) is 38.8 Å². The molecule has 0 unspecified atom stereocenters. The molecule has 2 heterocycles. The van der Waals surface area contributed by atoms with Crippen LogP contribution < -0.4 is 10.3 Å². The molecule has 2 aliphatic rings. The summed E-state index contributed by atoms with van der Waals surface area (Å²) in [5.74, 6) is 0.487. The first-order chi connectivity index (χ1) is 20.3. The minimum atomic E-state index is -4.35. The van der Waals surface area contributed by atoms with Crippen molar-refractivity contribution in [3.8, 4) is 11.4 Å². The third-order valence-electron chi connectivity index (χ3n) is 7.88. The molecule has 3 aromatic rings. The van der Waals surface area contributed by atoms with Crippen LogP contribution in [0.1, 0.15) is 74.6 Å². The second-order valence-corrected chi connectivity index (χ2v) is 12.2. The van der Waals surface area contributed by atoms with Gasteiger partial charge in [-0.25, -0.2) is 4.98 Å². The first kappa shape index (κ1) is 30.2. The average Bonchev–Trinajstić information content (AvgIpc) is 2.96. The van der Waals surface area contributed by atoms with Crippen LogP contribution in [0.3, 0.4) is 0 Å². The lowest BCUT2D eigenvalue weighted by Crippen LogP contribution is -2.41. The Labute approximate surface area is 248 Å². The number of fused-ring (bicyclic) bond motifs is 1. The number of amides is 1. The quantitative estimate of drug-likeness (QED) is 0.163. The fourth-order valence-corrected chi connectivity index (χ4v) is 6.51. The minimum Gasteiger partial charge on any atom is -0.494 e. The Morgan fingerprint density at radius 1 is 0.976 bits per heavy atom. The molecule has 224 valence electrons. The van der Waals surface area contributed by atoms with E-state index in [1.807, 2.05) is 30.3 Å². The van der Waals surface area contributed by atoms with Gasteiger partial charge in [0.25, 0.3) is 5.56 Å². The molecule has 1 aliphatic carbocycles. The van der Waals surface area contributed by atoms with E-state index in [9.17, 15) is 22.8 Å². The van der Waals surface area contributed by atoms with Crippen LogP contribution in [0.2, 0.25) is 0 Å². The molecule has 0 bridgehead atoms. The Morgan fingerprint density at radius 3 is 2.38 bits per heavy atom. The molecule has 0 saturated heterocycles. The molecule has 0 N–H and O–H groups in total. The van der Waals surface area contributed by atoms with Crippen molar-refractivity contribution in [2.24, 2.45) is 0 Å². The maximum Gasteiger partial charge on any atom is 0.416 e. The predicted octanol–water partition coefficient (Wildman–Crippen LogP) is 7.20. The lowest BCUT2D eigenvalue weighted by Gasteiger charge is -2.30. The highest BCUT2D eigenvalue weighted by atomic mass is 32.2. The van der Waals surface area contributed by atoms with E-state index in [1.54, 1.807) is 21.2 Å². The lowest BCUT2D eigenvalue weighted by molar-refractivity contribution is -0.137. The maximum absolute atomic E-state index is 13.7. The van der Waals surface area contributed by atoms with Crippen LogP contribution in [0, 0.1) is 0 Å². The van der Waals surface area contributed by atoms with Gasteiger partial charge < -0.3 is 9.64 Å². The smallest absolute Gasteiger partial charge is 0.416 e. The molecule has 1 aromatic heterocycles. The number of carbonyl (C=O) groups excluding carboxylic acids is 1. The largest absolute Gasteiger partial charge is 0.494 e. The van der Waals surface area contributed by atoms with Crippen LogP contribution in [0.25, 0.3) is 5.69 Å². The third kappa shape index (κ3) is 7.56. The number of hydrogen-bond acceptors (Lipinski definition) is 5. The van der Waals surface area contributed by atoms with Gasteiger partial charge >= 0.3 is 6.18 Å². The maximum atomic E-state index is 13.7. The molecule has 6 nitrogen and oxygen atoms in total. The molecular weight excluding hydrogens is 563 g/mol. The summed E-state index contributed by atoms with van der Waals surface area (Å²) < 4.78 is 45.2. The fraction of sp³-hybridized carbons (Fsp3) is 0.469.